The number of benzene rings is 2. The van der Waals surface area contributed by atoms with Crippen molar-refractivity contribution in [3.8, 4) is 0 Å². The maximum atomic E-state index is 13.4. The van der Waals surface area contributed by atoms with Crippen molar-refractivity contribution in [2.24, 2.45) is 0 Å². The number of anilines is 2. The van der Waals surface area contributed by atoms with E-state index in [4.69, 9.17) is 0 Å². The normalized spacial score (nSPS) is 14.3. The van der Waals surface area contributed by atoms with Crippen molar-refractivity contribution in [2.75, 3.05) is 41.9 Å². The van der Waals surface area contributed by atoms with E-state index in [-0.39, 0.29) is 17.3 Å². The van der Waals surface area contributed by atoms with Crippen LogP contribution in [0.4, 0.5) is 11.4 Å². The lowest BCUT2D eigenvalue weighted by Gasteiger charge is -2.37. The summed E-state index contributed by atoms with van der Waals surface area (Å²) in [7, 11) is -3.94. The summed E-state index contributed by atoms with van der Waals surface area (Å²) >= 11 is 0. The molecule has 0 saturated carbocycles. The number of aromatic nitrogens is 1. The van der Waals surface area contributed by atoms with Gasteiger partial charge in [-0.3, -0.25) is 14.1 Å². The van der Waals surface area contributed by atoms with E-state index in [1.54, 1.807) is 23.1 Å². The summed E-state index contributed by atoms with van der Waals surface area (Å²) in [4.78, 5) is 21.1. The Labute approximate surface area is 189 Å². The van der Waals surface area contributed by atoms with E-state index in [1.807, 2.05) is 37.3 Å². The van der Waals surface area contributed by atoms with E-state index in [9.17, 15) is 13.2 Å². The molecule has 0 N–H and O–H groups in total. The smallest absolute Gasteiger partial charge is 0.266 e. The minimum atomic E-state index is -3.94. The molecule has 1 fully saturated rings. The summed E-state index contributed by atoms with van der Waals surface area (Å²) in [5.41, 5.74) is 2.59. The third-order valence-corrected chi connectivity index (χ3v) is 7.33. The van der Waals surface area contributed by atoms with Gasteiger partial charge in [0.15, 0.2) is 0 Å². The first-order valence-electron chi connectivity index (χ1n) is 10.5. The molecule has 3 aromatic rings. The first-order valence-corrected chi connectivity index (χ1v) is 12.0. The predicted molar refractivity (Wildman–Crippen MR) is 125 cm³/mol. The first kappa shape index (κ1) is 21.8. The number of para-hydroxylation sites is 1. The Morgan fingerprint density at radius 1 is 0.938 bits per heavy atom. The quantitative estimate of drug-likeness (QED) is 0.577. The molecule has 1 amide bonds. The molecule has 8 heteroatoms. The molecule has 0 unspecified atom stereocenters. The Morgan fingerprint density at radius 3 is 2.25 bits per heavy atom. The summed E-state index contributed by atoms with van der Waals surface area (Å²) in [5.74, 6) is -0.217. The number of hydrogen-bond acceptors (Lipinski definition) is 5. The number of aryl methyl sites for hydroxylation is 1. The predicted octanol–water partition coefficient (Wildman–Crippen LogP) is 2.93. The third kappa shape index (κ3) is 4.75. The number of hydrogen-bond donors (Lipinski definition) is 0. The van der Waals surface area contributed by atoms with Crippen LogP contribution in [0, 0.1) is 6.92 Å². The van der Waals surface area contributed by atoms with Gasteiger partial charge < -0.3 is 9.80 Å². The van der Waals surface area contributed by atoms with Crippen molar-refractivity contribution < 1.29 is 13.2 Å². The lowest BCUT2D eigenvalue weighted by molar-refractivity contribution is -0.129. The lowest BCUT2D eigenvalue weighted by atomic mass is 10.2. The second-order valence-corrected chi connectivity index (χ2v) is 9.60. The summed E-state index contributed by atoms with van der Waals surface area (Å²) < 4.78 is 27.9. The zero-order valence-electron chi connectivity index (χ0n) is 18.0. The van der Waals surface area contributed by atoms with Gasteiger partial charge in [0, 0.05) is 44.3 Å². The molecule has 4 rings (SSSR count). The van der Waals surface area contributed by atoms with Crippen LogP contribution >= 0.6 is 0 Å². The molecular formula is C24H26N4O3S. The fourth-order valence-electron chi connectivity index (χ4n) is 3.73. The molecule has 2 aromatic carbocycles. The monoisotopic (exact) mass is 450 g/mol. The van der Waals surface area contributed by atoms with Crippen molar-refractivity contribution in [1.29, 1.82) is 0 Å². The van der Waals surface area contributed by atoms with E-state index in [0.717, 1.165) is 11.3 Å². The van der Waals surface area contributed by atoms with E-state index in [2.05, 4.69) is 22.0 Å². The molecule has 1 aliphatic heterocycles. The molecule has 2 heterocycles. The van der Waals surface area contributed by atoms with Gasteiger partial charge in [-0.15, -0.1) is 0 Å². The van der Waals surface area contributed by atoms with Crippen LogP contribution in [0.3, 0.4) is 0 Å². The van der Waals surface area contributed by atoms with Crippen LogP contribution in [0.5, 0.6) is 0 Å². The minimum absolute atomic E-state index is 0.0577. The number of carbonyl (C=O) groups is 1. The number of amides is 1. The van der Waals surface area contributed by atoms with Crippen molar-refractivity contribution >= 4 is 27.3 Å². The molecule has 0 aliphatic carbocycles. The fourth-order valence-corrected chi connectivity index (χ4v) is 5.11. The Morgan fingerprint density at radius 2 is 1.62 bits per heavy atom. The number of piperazine rings is 1. The Bertz CT molecular complexity index is 1140. The van der Waals surface area contributed by atoms with E-state index >= 15 is 0 Å². The largest absolute Gasteiger partial charge is 0.368 e. The van der Waals surface area contributed by atoms with Crippen LogP contribution in [0.2, 0.25) is 0 Å². The van der Waals surface area contributed by atoms with Gasteiger partial charge in [0.2, 0.25) is 5.91 Å². The molecule has 32 heavy (non-hydrogen) atoms. The Balaban J connectivity index is 1.52. The van der Waals surface area contributed by atoms with Gasteiger partial charge in [0.25, 0.3) is 10.0 Å². The lowest BCUT2D eigenvalue weighted by Crippen LogP contribution is -2.52. The van der Waals surface area contributed by atoms with Gasteiger partial charge in [-0.2, -0.15) is 0 Å². The van der Waals surface area contributed by atoms with Crippen LogP contribution in [-0.2, 0) is 14.8 Å². The summed E-state index contributed by atoms with van der Waals surface area (Å²) in [5, 5.41) is 0. The maximum absolute atomic E-state index is 13.4. The first-order chi connectivity index (χ1) is 15.4. The van der Waals surface area contributed by atoms with E-state index in [0.29, 0.717) is 31.9 Å². The molecular weight excluding hydrogens is 424 g/mol. The molecule has 7 nitrogen and oxygen atoms in total. The molecule has 0 radical (unpaired) electrons. The highest BCUT2D eigenvalue weighted by Gasteiger charge is 2.30. The average molecular weight is 451 g/mol. The zero-order chi connectivity index (χ0) is 22.6. The number of rotatable bonds is 6. The van der Waals surface area contributed by atoms with E-state index < -0.39 is 10.0 Å². The third-order valence-electron chi connectivity index (χ3n) is 5.58. The highest BCUT2D eigenvalue weighted by molar-refractivity contribution is 7.92. The van der Waals surface area contributed by atoms with E-state index in [1.165, 1.54) is 22.8 Å². The number of pyridine rings is 1. The second-order valence-electron chi connectivity index (χ2n) is 7.74. The topological polar surface area (TPSA) is 73.8 Å². The summed E-state index contributed by atoms with van der Waals surface area (Å²) in [6.45, 7) is 4.17. The van der Waals surface area contributed by atoms with Gasteiger partial charge in [-0.1, -0.05) is 35.9 Å². The summed E-state index contributed by atoms with van der Waals surface area (Å²) in [6.07, 6.45) is 2.83. The fraction of sp³-hybridized carbons (Fsp3) is 0.250. The molecule has 0 atom stereocenters. The van der Waals surface area contributed by atoms with Crippen molar-refractivity contribution in [1.82, 2.24) is 9.88 Å². The number of carbonyl (C=O) groups excluding carboxylic acids is 1. The molecule has 0 bridgehead atoms. The molecule has 1 aliphatic rings. The van der Waals surface area contributed by atoms with Crippen LogP contribution < -0.4 is 9.21 Å². The average Bonchev–Trinajstić information content (AvgIpc) is 2.84. The molecule has 166 valence electrons. The standard InChI is InChI=1S/C24H26N4O3S/c1-20-9-11-22(12-10-20)28(32(30,31)23-8-5-13-25-18-23)19-24(29)27-16-14-26(15-17-27)21-6-3-2-4-7-21/h2-13,18H,14-17,19H2,1H3. The molecule has 1 saturated heterocycles. The number of sulfonamides is 1. The summed E-state index contributed by atoms with van der Waals surface area (Å²) in [6, 6.07) is 20.3. The highest BCUT2D eigenvalue weighted by atomic mass is 32.2. The second kappa shape index (κ2) is 9.40. The van der Waals surface area contributed by atoms with Crippen molar-refractivity contribution in [3.05, 3.63) is 84.7 Å². The highest BCUT2D eigenvalue weighted by Crippen LogP contribution is 2.24. The van der Waals surface area contributed by atoms with Crippen molar-refractivity contribution in [3.63, 3.8) is 0 Å². The van der Waals surface area contributed by atoms with Crippen LogP contribution in [0.15, 0.2) is 84.0 Å². The van der Waals surface area contributed by atoms with Crippen LogP contribution in [-0.4, -0.2) is 56.9 Å². The van der Waals surface area contributed by atoms with Crippen LogP contribution in [0.25, 0.3) is 0 Å². The van der Waals surface area contributed by atoms with Gasteiger partial charge in [-0.25, -0.2) is 8.42 Å². The molecule has 0 spiro atoms. The van der Waals surface area contributed by atoms with Crippen LogP contribution in [0.1, 0.15) is 5.56 Å². The maximum Gasteiger partial charge on any atom is 0.266 e. The van der Waals surface area contributed by atoms with Gasteiger partial charge in [0.05, 0.1) is 5.69 Å². The van der Waals surface area contributed by atoms with Gasteiger partial charge in [-0.05, 0) is 43.3 Å². The Kier molecular flexibility index (Phi) is 6.41. The molecule has 1 aromatic heterocycles. The number of nitrogens with zero attached hydrogens (tertiary/aromatic N) is 4. The SMILES string of the molecule is Cc1ccc(N(CC(=O)N2CCN(c3ccccc3)CC2)S(=O)(=O)c2cccnc2)cc1. The zero-order valence-corrected chi connectivity index (χ0v) is 18.8. The van der Waals surface area contributed by atoms with Gasteiger partial charge >= 0.3 is 0 Å². The Hall–Kier alpha value is -3.39. The van der Waals surface area contributed by atoms with Crippen molar-refractivity contribution in [2.45, 2.75) is 11.8 Å². The minimum Gasteiger partial charge on any atom is -0.368 e. The van der Waals surface area contributed by atoms with Gasteiger partial charge in [0.1, 0.15) is 11.4 Å².